The number of ether oxygens (including phenoxy) is 2. The highest BCUT2D eigenvalue weighted by Gasteiger charge is 2.21. The molecule has 0 heterocycles. The fourth-order valence-corrected chi connectivity index (χ4v) is 2.70. The smallest absolute Gasteiger partial charge is 0.344 e. The van der Waals surface area contributed by atoms with Crippen LogP contribution in [0.5, 0.6) is 5.75 Å². The van der Waals surface area contributed by atoms with Gasteiger partial charge in [-0.3, -0.25) is 0 Å². The van der Waals surface area contributed by atoms with Crippen molar-refractivity contribution in [3.63, 3.8) is 0 Å². The Labute approximate surface area is 154 Å². The second-order valence-electron chi connectivity index (χ2n) is 5.51. The Balaban J connectivity index is 2.21. The first-order valence-electron chi connectivity index (χ1n) is 7.89. The van der Waals surface area contributed by atoms with E-state index in [1.807, 2.05) is 6.92 Å². The minimum Gasteiger partial charge on any atom is -0.459 e. The van der Waals surface area contributed by atoms with Crippen molar-refractivity contribution in [3.05, 3.63) is 63.9 Å². The average Bonchev–Trinajstić information content (AvgIpc) is 2.57. The van der Waals surface area contributed by atoms with E-state index >= 15 is 0 Å². The van der Waals surface area contributed by atoms with Crippen molar-refractivity contribution in [3.8, 4) is 5.75 Å². The van der Waals surface area contributed by atoms with Gasteiger partial charge in [0.25, 0.3) is 0 Å². The molecule has 0 fully saturated rings. The summed E-state index contributed by atoms with van der Waals surface area (Å²) in [4.78, 5) is 24.8. The molecular formula is C19H18BrFO4. The first-order valence-corrected chi connectivity index (χ1v) is 8.69. The van der Waals surface area contributed by atoms with Gasteiger partial charge in [0.05, 0.1) is 21.7 Å². The summed E-state index contributed by atoms with van der Waals surface area (Å²) in [6.45, 7) is 3.80. The number of carbonyl (C=O) groups excluding carboxylic acids is 2. The van der Waals surface area contributed by atoms with Crippen LogP contribution in [0.15, 0.2) is 46.9 Å². The molecule has 0 amide bonds. The predicted octanol–water partition coefficient (Wildman–Crippen LogP) is 5.15. The highest BCUT2D eigenvalue weighted by molar-refractivity contribution is 9.10. The molecule has 1 unspecified atom stereocenters. The Bertz CT molecular complexity index is 776. The summed E-state index contributed by atoms with van der Waals surface area (Å²) in [5, 5.41) is 0. The third-order valence-electron chi connectivity index (χ3n) is 3.47. The largest absolute Gasteiger partial charge is 0.459 e. The lowest BCUT2D eigenvalue weighted by Crippen LogP contribution is -2.19. The third-order valence-corrected chi connectivity index (χ3v) is 4.09. The zero-order valence-electron chi connectivity index (χ0n) is 13.9. The van der Waals surface area contributed by atoms with E-state index in [0.29, 0.717) is 4.47 Å². The molecule has 25 heavy (non-hydrogen) atoms. The minimum atomic E-state index is -0.719. The quantitative estimate of drug-likeness (QED) is 0.489. The van der Waals surface area contributed by atoms with Crippen molar-refractivity contribution >= 4 is 27.9 Å². The predicted molar refractivity (Wildman–Crippen MR) is 95.3 cm³/mol. The maximum absolute atomic E-state index is 13.1. The molecule has 6 heteroatoms. The number of hydrogen-bond acceptors (Lipinski definition) is 4. The number of halogens is 2. The molecule has 2 aromatic rings. The second kappa shape index (κ2) is 8.76. The summed E-state index contributed by atoms with van der Waals surface area (Å²) in [6.07, 6.45) is 1.38. The molecule has 0 aliphatic rings. The van der Waals surface area contributed by atoms with Crippen LogP contribution >= 0.6 is 15.9 Å². The zero-order chi connectivity index (χ0) is 18.4. The van der Waals surface area contributed by atoms with Crippen LogP contribution < -0.4 is 4.74 Å². The van der Waals surface area contributed by atoms with Gasteiger partial charge in [-0.25, -0.2) is 14.0 Å². The van der Waals surface area contributed by atoms with Crippen molar-refractivity contribution in [2.45, 2.75) is 32.8 Å². The van der Waals surface area contributed by atoms with E-state index in [1.54, 1.807) is 19.1 Å². The highest BCUT2D eigenvalue weighted by atomic mass is 79.9. The summed E-state index contributed by atoms with van der Waals surface area (Å²) in [5.74, 6) is -1.59. The molecule has 2 rings (SSSR count). The van der Waals surface area contributed by atoms with Crippen LogP contribution in [0.3, 0.4) is 0 Å². The van der Waals surface area contributed by atoms with Crippen molar-refractivity contribution < 1.29 is 23.5 Å². The van der Waals surface area contributed by atoms with Gasteiger partial charge in [-0.1, -0.05) is 25.5 Å². The Kier molecular flexibility index (Phi) is 6.70. The van der Waals surface area contributed by atoms with Crippen LogP contribution in [-0.4, -0.2) is 18.0 Å². The molecule has 2 aromatic carbocycles. The molecule has 0 radical (unpaired) electrons. The highest BCUT2D eigenvalue weighted by Crippen LogP contribution is 2.26. The van der Waals surface area contributed by atoms with Crippen LogP contribution in [0.1, 0.15) is 47.4 Å². The molecule has 0 aliphatic heterocycles. The fraction of sp³-hybridized carbons (Fsp3) is 0.263. The number of hydrogen-bond donors (Lipinski definition) is 0. The summed E-state index contributed by atoms with van der Waals surface area (Å²) in [5.41, 5.74) is 0.223. The molecule has 4 nitrogen and oxygen atoms in total. The van der Waals surface area contributed by atoms with E-state index in [9.17, 15) is 14.0 Å². The Morgan fingerprint density at radius 3 is 2.36 bits per heavy atom. The van der Waals surface area contributed by atoms with E-state index in [-0.39, 0.29) is 23.0 Å². The Morgan fingerprint density at radius 2 is 1.76 bits per heavy atom. The van der Waals surface area contributed by atoms with Crippen LogP contribution in [0.25, 0.3) is 0 Å². The molecule has 132 valence electrons. The molecule has 0 saturated carbocycles. The summed E-state index contributed by atoms with van der Waals surface area (Å²) < 4.78 is 24.1. The van der Waals surface area contributed by atoms with Gasteiger partial charge in [-0.2, -0.15) is 0 Å². The third kappa shape index (κ3) is 5.13. The van der Waals surface area contributed by atoms with Gasteiger partial charge in [-0.15, -0.1) is 0 Å². The first kappa shape index (κ1) is 19.1. The average molecular weight is 409 g/mol. The number of esters is 2. The normalized spacial score (nSPS) is 11.7. The monoisotopic (exact) mass is 408 g/mol. The maximum Gasteiger partial charge on any atom is 0.344 e. The van der Waals surface area contributed by atoms with E-state index in [2.05, 4.69) is 15.9 Å². The van der Waals surface area contributed by atoms with Crippen molar-refractivity contribution in [2.24, 2.45) is 0 Å². The number of benzene rings is 2. The van der Waals surface area contributed by atoms with Crippen LogP contribution in [-0.2, 0) is 4.74 Å². The lowest BCUT2D eigenvalue weighted by molar-refractivity contribution is 0.0318. The van der Waals surface area contributed by atoms with Gasteiger partial charge in [0, 0.05) is 0 Å². The van der Waals surface area contributed by atoms with Gasteiger partial charge >= 0.3 is 11.9 Å². The van der Waals surface area contributed by atoms with Gasteiger partial charge in [0.15, 0.2) is 0 Å². The van der Waals surface area contributed by atoms with Gasteiger partial charge < -0.3 is 9.47 Å². The van der Waals surface area contributed by atoms with Gasteiger partial charge in [-0.05, 0) is 59.6 Å². The zero-order valence-corrected chi connectivity index (χ0v) is 15.5. The fourth-order valence-electron chi connectivity index (χ4n) is 2.26. The molecule has 0 saturated heterocycles. The molecule has 0 spiro atoms. The molecule has 1 atom stereocenters. The molecule has 0 aromatic heterocycles. The minimum absolute atomic E-state index is 0.0902. The Morgan fingerprint density at radius 1 is 1.12 bits per heavy atom. The van der Waals surface area contributed by atoms with Gasteiger partial charge in [0.2, 0.25) is 0 Å². The van der Waals surface area contributed by atoms with Crippen molar-refractivity contribution in [1.82, 2.24) is 0 Å². The second-order valence-corrected chi connectivity index (χ2v) is 6.37. The number of rotatable bonds is 6. The molecular weight excluding hydrogens is 391 g/mol. The maximum atomic E-state index is 13.1. The van der Waals surface area contributed by atoms with Gasteiger partial charge in [0.1, 0.15) is 11.6 Å². The lowest BCUT2D eigenvalue weighted by Gasteiger charge is -2.14. The molecule has 0 bridgehead atoms. The van der Waals surface area contributed by atoms with Crippen LogP contribution in [0.2, 0.25) is 0 Å². The van der Waals surface area contributed by atoms with E-state index < -0.39 is 17.8 Å². The first-order chi connectivity index (χ1) is 11.9. The topological polar surface area (TPSA) is 52.6 Å². The SMILES string of the molecule is CCCC(C)OC(=O)c1ccccc1C(=O)Oc1ccc(F)cc1Br. The van der Waals surface area contributed by atoms with Crippen molar-refractivity contribution in [2.75, 3.05) is 0 Å². The summed E-state index contributed by atoms with van der Waals surface area (Å²) in [7, 11) is 0. The summed E-state index contributed by atoms with van der Waals surface area (Å²) >= 11 is 3.14. The van der Waals surface area contributed by atoms with Crippen LogP contribution in [0.4, 0.5) is 4.39 Å². The lowest BCUT2D eigenvalue weighted by atomic mass is 10.1. The van der Waals surface area contributed by atoms with Crippen molar-refractivity contribution in [1.29, 1.82) is 0 Å². The number of carbonyl (C=O) groups is 2. The molecule has 0 N–H and O–H groups in total. The van der Waals surface area contributed by atoms with E-state index in [1.165, 1.54) is 30.3 Å². The van der Waals surface area contributed by atoms with E-state index in [0.717, 1.165) is 12.8 Å². The van der Waals surface area contributed by atoms with Crippen LogP contribution in [0, 0.1) is 5.82 Å². The Hall–Kier alpha value is -2.21. The van der Waals surface area contributed by atoms with E-state index in [4.69, 9.17) is 9.47 Å². The summed E-state index contributed by atoms with van der Waals surface area (Å²) in [6, 6.07) is 9.98. The standard InChI is InChI=1S/C19H18BrFO4/c1-3-6-12(2)24-18(22)14-7-4-5-8-15(14)19(23)25-17-10-9-13(21)11-16(17)20/h4-5,7-12H,3,6H2,1-2H3. The molecule has 0 aliphatic carbocycles.